The number of urea groups is 1. The molecule has 8 heteroatoms. The zero-order chi connectivity index (χ0) is 30.4. The van der Waals surface area contributed by atoms with Crippen LogP contribution in [0.2, 0.25) is 0 Å². The van der Waals surface area contributed by atoms with E-state index in [0.717, 1.165) is 24.8 Å². The summed E-state index contributed by atoms with van der Waals surface area (Å²) in [6.07, 6.45) is 7.69. The minimum atomic E-state index is -0.467. The van der Waals surface area contributed by atoms with Crippen molar-refractivity contribution in [2.75, 3.05) is 32.8 Å². The maximum Gasteiger partial charge on any atom is 0.320 e. The lowest BCUT2D eigenvalue weighted by atomic mass is 9.76. The largest absolute Gasteiger partial charge is 0.460 e. The van der Waals surface area contributed by atoms with Crippen molar-refractivity contribution < 1.29 is 23.9 Å². The molecule has 0 aromatic heterocycles. The molecule has 0 spiro atoms. The Labute approximate surface area is 255 Å². The van der Waals surface area contributed by atoms with Crippen LogP contribution in [0.5, 0.6) is 0 Å². The fraction of sp³-hybridized carbons (Fsp3) is 0.514. The number of piperidine rings is 2. The summed E-state index contributed by atoms with van der Waals surface area (Å²) in [4.78, 5) is 41.2. The number of hydrogen-bond donors (Lipinski definition) is 1. The molecule has 5 rings (SSSR count). The maximum absolute atomic E-state index is 13.5. The van der Waals surface area contributed by atoms with Crippen molar-refractivity contribution in [1.29, 1.82) is 0 Å². The number of likely N-dealkylation sites (tertiary alicyclic amines) is 2. The minimum absolute atomic E-state index is 0.00491. The van der Waals surface area contributed by atoms with Gasteiger partial charge in [0.1, 0.15) is 12.2 Å². The fourth-order valence-corrected chi connectivity index (χ4v) is 6.56. The molecule has 3 heterocycles. The molecule has 0 radical (unpaired) electrons. The summed E-state index contributed by atoms with van der Waals surface area (Å²) in [7, 11) is 0. The summed E-state index contributed by atoms with van der Waals surface area (Å²) < 4.78 is 11.1. The molecule has 3 amide bonds. The molecule has 3 fully saturated rings. The first kappa shape index (κ1) is 30.8. The number of fused-ring (bicyclic) bond motifs is 1. The standard InChI is InChI=1S/C35H45N3O5/c1-35(2,3)43-32(40)15-8-7-10-25-11-9-14-28(22-25)33(26-12-5-4-6-13-26)27-16-19-37(20-17-27)34(41)38-21-18-30-29(23-38)36-31(39)24-42-30/h4-7,9-14,22,27,29-30,33H,8,15-21,23-24H2,1-3H3,(H,36,39)/b10-7+/t29-,30+,33?/m1/s1. The number of carbonyl (C=O) groups excluding carboxylic acids is 3. The third kappa shape index (κ3) is 8.25. The van der Waals surface area contributed by atoms with Crippen LogP contribution < -0.4 is 5.32 Å². The van der Waals surface area contributed by atoms with Crippen LogP contribution in [0.4, 0.5) is 4.79 Å². The molecule has 2 aromatic rings. The number of nitrogens with zero attached hydrogens (tertiary/aromatic N) is 2. The first-order chi connectivity index (χ1) is 20.7. The Morgan fingerprint density at radius 2 is 1.72 bits per heavy atom. The van der Waals surface area contributed by atoms with Crippen molar-refractivity contribution in [2.24, 2.45) is 5.92 Å². The van der Waals surface area contributed by atoms with Crippen LogP contribution >= 0.6 is 0 Å². The molecule has 3 saturated heterocycles. The number of rotatable bonds is 7. The molecule has 3 atom stereocenters. The van der Waals surface area contributed by atoms with E-state index < -0.39 is 5.60 Å². The molecule has 0 saturated carbocycles. The van der Waals surface area contributed by atoms with Crippen LogP contribution in [-0.2, 0) is 19.1 Å². The summed E-state index contributed by atoms with van der Waals surface area (Å²) in [6.45, 7) is 8.34. The number of ether oxygens (including phenoxy) is 2. The van der Waals surface area contributed by atoms with Crippen LogP contribution in [0.15, 0.2) is 60.7 Å². The van der Waals surface area contributed by atoms with Crippen molar-refractivity contribution in [1.82, 2.24) is 15.1 Å². The lowest BCUT2D eigenvalue weighted by molar-refractivity contribution is -0.154. The maximum atomic E-state index is 13.5. The molecule has 3 aliphatic rings. The number of nitrogens with one attached hydrogen (secondary N) is 1. The van der Waals surface area contributed by atoms with E-state index in [2.05, 4.69) is 66.0 Å². The van der Waals surface area contributed by atoms with Gasteiger partial charge >= 0.3 is 12.0 Å². The molecule has 43 heavy (non-hydrogen) atoms. The summed E-state index contributed by atoms with van der Waals surface area (Å²) in [5, 5.41) is 3.00. The summed E-state index contributed by atoms with van der Waals surface area (Å²) in [5.74, 6) is 0.330. The molecule has 0 bridgehead atoms. The van der Waals surface area contributed by atoms with Crippen molar-refractivity contribution in [3.05, 3.63) is 77.4 Å². The highest BCUT2D eigenvalue weighted by Crippen LogP contribution is 2.38. The number of benzene rings is 2. The van der Waals surface area contributed by atoms with E-state index in [9.17, 15) is 14.4 Å². The van der Waals surface area contributed by atoms with Gasteiger partial charge in [-0.15, -0.1) is 0 Å². The number of hydrogen-bond acceptors (Lipinski definition) is 5. The van der Waals surface area contributed by atoms with Gasteiger partial charge in [-0.3, -0.25) is 9.59 Å². The molecule has 3 aliphatic heterocycles. The second-order valence-electron chi connectivity index (χ2n) is 13.0. The Morgan fingerprint density at radius 3 is 2.47 bits per heavy atom. The minimum Gasteiger partial charge on any atom is -0.460 e. The van der Waals surface area contributed by atoms with Gasteiger partial charge in [0.2, 0.25) is 5.91 Å². The van der Waals surface area contributed by atoms with Crippen molar-refractivity contribution in [2.45, 2.75) is 76.5 Å². The second-order valence-corrected chi connectivity index (χ2v) is 13.0. The Balaban J connectivity index is 1.22. The van der Waals surface area contributed by atoms with Crippen LogP contribution in [0.1, 0.15) is 75.5 Å². The van der Waals surface area contributed by atoms with Gasteiger partial charge in [0, 0.05) is 38.5 Å². The highest BCUT2D eigenvalue weighted by atomic mass is 16.6. The first-order valence-corrected chi connectivity index (χ1v) is 15.6. The van der Waals surface area contributed by atoms with E-state index in [-0.39, 0.29) is 42.6 Å². The molecule has 8 nitrogen and oxygen atoms in total. The molecule has 1 unspecified atom stereocenters. The van der Waals surface area contributed by atoms with Gasteiger partial charge in [-0.2, -0.15) is 0 Å². The number of morpholine rings is 1. The zero-order valence-electron chi connectivity index (χ0n) is 25.7. The Bertz CT molecular complexity index is 1300. The van der Waals surface area contributed by atoms with Crippen LogP contribution in [0, 0.1) is 5.92 Å². The number of esters is 1. The average molecular weight is 588 g/mol. The van der Waals surface area contributed by atoms with Gasteiger partial charge in [-0.05, 0) is 69.1 Å². The molecule has 1 N–H and O–H groups in total. The molecule has 2 aromatic carbocycles. The highest BCUT2D eigenvalue weighted by molar-refractivity contribution is 5.79. The molecular formula is C35H45N3O5. The Hall–Kier alpha value is -3.65. The van der Waals surface area contributed by atoms with Crippen LogP contribution in [0.25, 0.3) is 6.08 Å². The number of amides is 3. The Morgan fingerprint density at radius 1 is 1.00 bits per heavy atom. The normalized spacial score (nSPS) is 22.2. The van der Waals surface area contributed by atoms with Gasteiger partial charge in [-0.1, -0.05) is 66.7 Å². The van der Waals surface area contributed by atoms with E-state index in [0.29, 0.717) is 44.9 Å². The quantitative estimate of drug-likeness (QED) is 0.440. The van der Waals surface area contributed by atoms with E-state index in [1.165, 1.54) is 11.1 Å². The summed E-state index contributed by atoms with van der Waals surface area (Å²) in [6, 6.07) is 19.2. The van der Waals surface area contributed by atoms with Crippen molar-refractivity contribution in [3.8, 4) is 0 Å². The first-order valence-electron chi connectivity index (χ1n) is 15.6. The van der Waals surface area contributed by atoms with E-state index in [4.69, 9.17) is 9.47 Å². The second kappa shape index (κ2) is 13.8. The summed E-state index contributed by atoms with van der Waals surface area (Å²) in [5.41, 5.74) is 3.19. The summed E-state index contributed by atoms with van der Waals surface area (Å²) >= 11 is 0. The monoisotopic (exact) mass is 587 g/mol. The van der Waals surface area contributed by atoms with Crippen LogP contribution in [0.3, 0.4) is 0 Å². The van der Waals surface area contributed by atoms with Crippen molar-refractivity contribution >= 4 is 24.0 Å². The van der Waals surface area contributed by atoms with E-state index in [1.807, 2.05) is 36.6 Å². The van der Waals surface area contributed by atoms with Gasteiger partial charge < -0.3 is 24.6 Å². The third-order valence-corrected chi connectivity index (χ3v) is 8.55. The molecule has 0 aliphatic carbocycles. The predicted molar refractivity (Wildman–Crippen MR) is 166 cm³/mol. The van der Waals surface area contributed by atoms with E-state index in [1.54, 1.807) is 0 Å². The predicted octanol–water partition coefficient (Wildman–Crippen LogP) is 5.37. The topological polar surface area (TPSA) is 88.2 Å². The zero-order valence-corrected chi connectivity index (χ0v) is 25.7. The van der Waals surface area contributed by atoms with Gasteiger partial charge in [0.25, 0.3) is 0 Å². The smallest absolute Gasteiger partial charge is 0.320 e. The Kier molecular flexibility index (Phi) is 9.86. The van der Waals surface area contributed by atoms with Gasteiger partial charge in [0.05, 0.1) is 12.1 Å². The third-order valence-electron chi connectivity index (χ3n) is 8.55. The van der Waals surface area contributed by atoms with Crippen molar-refractivity contribution in [3.63, 3.8) is 0 Å². The van der Waals surface area contributed by atoms with Crippen LogP contribution in [-0.4, -0.2) is 78.2 Å². The van der Waals surface area contributed by atoms with Gasteiger partial charge in [-0.25, -0.2) is 4.79 Å². The highest BCUT2D eigenvalue weighted by Gasteiger charge is 2.38. The fourth-order valence-electron chi connectivity index (χ4n) is 6.56. The lowest BCUT2D eigenvalue weighted by Crippen LogP contribution is -2.62. The number of carbonyl (C=O) groups is 3. The number of allylic oxidation sites excluding steroid dienone is 1. The van der Waals surface area contributed by atoms with E-state index >= 15 is 0 Å². The SMILES string of the molecule is CC(C)(C)OC(=O)CC/C=C/c1cccc(C(c2ccccc2)C2CCN(C(=O)N3CC[C@@H]4OCC(=O)N[C@@H]4C3)CC2)c1. The molecular weight excluding hydrogens is 542 g/mol. The molecule has 230 valence electrons. The lowest BCUT2D eigenvalue weighted by Gasteiger charge is -2.44. The van der Waals surface area contributed by atoms with Gasteiger partial charge in [0.15, 0.2) is 0 Å². The average Bonchev–Trinajstić information content (AvgIpc) is 2.99.